The summed E-state index contributed by atoms with van der Waals surface area (Å²) in [7, 11) is 0. The van der Waals surface area contributed by atoms with E-state index in [0.29, 0.717) is 25.0 Å². The van der Waals surface area contributed by atoms with Gasteiger partial charge in [-0.15, -0.1) is 0 Å². The van der Waals surface area contributed by atoms with Gasteiger partial charge in [0.25, 0.3) is 0 Å². The van der Waals surface area contributed by atoms with E-state index in [1.807, 2.05) is 0 Å². The minimum absolute atomic E-state index is 0.0390. The van der Waals surface area contributed by atoms with E-state index in [-0.39, 0.29) is 18.9 Å². The summed E-state index contributed by atoms with van der Waals surface area (Å²) in [5.74, 6) is 0. The van der Waals surface area contributed by atoms with Gasteiger partial charge < -0.3 is 14.7 Å². The molecule has 1 aromatic rings. The average molecular weight is 439 g/mol. The van der Waals surface area contributed by atoms with Crippen molar-refractivity contribution >= 4 is 6.09 Å². The van der Waals surface area contributed by atoms with Gasteiger partial charge in [0.15, 0.2) is 0 Å². The fourth-order valence-electron chi connectivity index (χ4n) is 4.30. The lowest BCUT2D eigenvalue weighted by Crippen LogP contribution is -2.53. The fourth-order valence-corrected chi connectivity index (χ4v) is 4.30. The van der Waals surface area contributed by atoms with Gasteiger partial charge in [-0.2, -0.15) is 26.3 Å². The molecule has 2 saturated heterocycles. The SMILES string of the molecule is CC(C)(C)OC(=O)N1C2CCC1CC(O)(c1cc(C(F)(F)F)cc(C(F)(F)F)c1)C2. The van der Waals surface area contributed by atoms with Crippen LogP contribution in [0.15, 0.2) is 18.2 Å². The Labute approximate surface area is 169 Å². The molecule has 168 valence electrons. The molecule has 2 bridgehead atoms. The van der Waals surface area contributed by atoms with Crippen molar-refractivity contribution in [3.8, 4) is 0 Å². The fraction of sp³-hybridized carbons (Fsp3) is 0.650. The van der Waals surface area contributed by atoms with Crippen LogP contribution in [0.1, 0.15) is 63.1 Å². The molecule has 1 N–H and O–H groups in total. The van der Waals surface area contributed by atoms with E-state index in [1.165, 1.54) is 4.90 Å². The first-order chi connectivity index (χ1) is 13.5. The molecule has 30 heavy (non-hydrogen) atoms. The van der Waals surface area contributed by atoms with E-state index in [1.54, 1.807) is 20.8 Å². The number of ether oxygens (including phenoxy) is 1. The summed E-state index contributed by atoms with van der Waals surface area (Å²) in [6, 6.07) is 0.104. The van der Waals surface area contributed by atoms with Gasteiger partial charge in [0.05, 0.1) is 16.7 Å². The van der Waals surface area contributed by atoms with Crippen LogP contribution in [0.25, 0.3) is 0 Å². The summed E-state index contributed by atoms with van der Waals surface area (Å²) in [4.78, 5) is 14.0. The van der Waals surface area contributed by atoms with Gasteiger partial charge in [-0.05, 0) is 57.4 Å². The maximum Gasteiger partial charge on any atom is 0.416 e. The van der Waals surface area contributed by atoms with Crippen LogP contribution in [-0.4, -0.2) is 33.8 Å². The first-order valence-electron chi connectivity index (χ1n) is 9.53. The number of halogens is 6. The number of carbonyl (C=O) groups is 1. The smallest absolute Gasteiger partial charge is 0.416 e. The third kappa shape index (κ3) is 4.53. The predicted molar refractivity (Wildman–Crippen MR) is 94.5 cm³/mol. The molecule has 4 nitrogen and oxygen atoms in total. The van der Waals surface area contributed by atoms with E-state index in [4.69, 9.17) is 4.74 Å². The lowest BCUT2D eigenvalue weighted by molar-refractivity contribution is -0.143. The number of carbonyl (C=O) groups excluding carboxylic acids is 1. The van der Waals surface area contributed by atoms with Crippen molar-refractivity contribution in [2.24, 2.45) is 0 Å². The van der Waals surface area contributed by atoms with Gasteiger partial charge in [0.1, 0.15) is 5.60 Å². The molecule has 2 fully saturated rings. The molecule has 0 aliphatic carbocycles. The van der Waals surface area contributed by atoms with Gasteiger partial charge >= 0.3 is 18.4 Å². The van der Waals surface area contributed by atoms with Crippen LogP contribution in [0, 0.1) is 0 Å². The number of aliphatic hydroxyl groups is 1. The summed E-state index contributed by atoms with van der Waals surface area (Å²) in [6.07, 6.45) is -9.96. The zero-order valence-corrected chi connectivity index (χ0v) is 16.7. The Morgan fingerprint density at radius 1 is 0.967 bits per heavy atom. The number of benzene rings is 1. The lowest BCUT2D eigenvalue weighted by Gasteiger charge is -2.44. The Bertz CT molecular complexity index is 781. The van der Waals surface area contributed by atoms with Crippen LogP contribution in [0.2, 0.25) is 0 Å². The molecular weight excluding hydrogens is 416 g/mol. The van der Waals surface area contributed by atoms with E-state index >= 15 is 0 Å². The highest BCUT2D eigenvalue weighted by atomic mass is 19.4. The Hall–Kier alpha value is -1.97. The van der Waals surface area contributed by atoms with Crippen molar-refractivity contribution < 1.29 is 41.0 Å². The largest absolute Gasteiger partial charge is 0.444 e. The van der Waals surface area contributed by atoms with Gasteiger partial charge in [0, 0.05) is 24.9 Å². The van der Waals surface area contributed by atoms with Crippen LogP contribution >= 0.6 is 0 Å². The number of fused-ring (bicyclic) bond motifs is 2. The van der Waals surface area contributed by atoms with Crippen molar-refractivity contribution in [3.05, 3.63) is 34.9 Å². The highest BCUT2D eigenvalue weighted by molar-refractivity contribution is 5.70. The van der Waals surface area contributed by atoms with Gasteiger partial charge in [-0.3, -0.25) is 0 Å². The number of amides is 1. The standard InChI is InChI=1S/C20H23F6NO3/c1-17(2,3)30-16(28)27-14-4-5-15(27)10-18(29,9-14)11-6-12(19(21,22)23)8-13(7-11)20(24,25)26/h6-8,14-15,29H,4-5,9-10H2,1-3H3. The molecule has 1 aromatic carbocycles. The summed E-state index contributed by atoms with van der Waals surface area (Å²) in [6.45, 7) is 5.07. The summed E-state index contributed by atoms with van der Waals surface area (Å²) in [5, 5.41) is 11.1. The third-order valence-electron chi connectivity index (χ3n) is 5.50. The number of rotatable bonds is 1. The Morgan fingerprint density at radius 3 is 1.77 bits per heavy atom. The highest BCUT2D eigenvalue weighted by Gasteiger charge is 2.52. The molecule has 3 rings (SSSR count). The molecule has 2 heterocycles. The van der Waals surface area contributed by atoms with Crippen LogP contribution in [-0.2, 0) is 22.7 Å². The number of nitrogens with zero attached hydrogens (tertiary/aromatic N) is 1. The lowest BCUT2D eigenvalue weighted by atomic mass is 9.79. The van der Waals surface area contributed by atoms with E-state index in [2.05, 4.69) is 0 Å². The topological polar surface area (TPSA) is 49.8 Å². The Kier molecular flexibility index (Phi) is 5.32. The first-order valence-corrected chi connectivity index (χ1v) is 9.53. The molecule has 0 saturated carbocycles. The third-order valence-corrected chi connectivity index (χ3v) is 5.50. The van der Waals surface area contributed by atoms with E-state index < -0.39 is 58.4 Å². The molecular formula is C20H23F6NO3. The van der Waals surface area contributed by atoms with Gasteiger partial charge in [0.2, 0.25) is 0 Å². The molecule has 0 aromatic heterocycles. The highest BCUT2D eigenvalue weighted by Crippen LogP contribution is 2.48. The second-order valence-electron chi connectivity index (χ2n) is 9.01. The number of hydrogen-bond acceptors (Lipinski definition) is 3. The van der Waals surface area contributed by atoms with Crippen LogP contribution < -0.4 is 0 Å². The van der Waals surface area contributed by atoms with Gasteiger partial charge in [-0.25, -0.2) is 4.79 Å². The van der Waals surface area contributed by atoms with E-state index in [9.17, 15) is 36.2 Å². The predicted octanol–water partition coefficient (Wildman–Crippen LogP) is 5.47. The summed E-state index contributed by atoms with van der Waals surface area (Å²) in [5.41, 5.74) is -6.05. The van der Waals surface area contributed by atoms with Crippen molar-refractivity contribution in [1.82, 2.24) is 4.90 Å². The van der Waals surface area contributed by atoms with Crippen molar-refractivity contribution in [2.45, 2.75) is 82.1 Å². The zero-order chi connectivity index (χ0) is 22.7. The molecule has 0 radical (unpaired) electrons. The van der Waals surface area contributed by atoms with Crippen molar-refractivity contribution in [2.75, 3.05) is 0 Å². The maximum atomic E-state index is 13.2. The molecule has 1 amide bonds. The second-order valence-corrected chi connectivity index (χ2v) is 9.01. The molecule has 2 atom stereocenters. The summed E-state index contributed by atoms with van der Waals surface area (Å²) < 4.78 is 84.6. The number of alkyl halides is 6. The number of piperidine rings is 1. The minimum Gasteiger partial charge on any atom is -0.444 e. The average Bonchev–Trinajstić information content (AvgIpc) is 2.84. The maximum absolute atomic E-state index is 13.2. The minimum atomic E-state index is -5.00. The van der Waals surface area contributed by atoms with Gasteiger partial charge in [-0.1, -0.05) is 0 Å². The normalized spacial score (nSPS) is 27.3. The van der Waals surface area contributed by atoms with Crippen LogP contribution in [0.5, 0.6) is 0 Å². The molecule has 2 aliphatic rings. The second kappa shape index (κ2) is 7.03. The molecule has 2 aliphatic heterocycles. The molecule has 10 heteroatoms. The van der Waals surface area contributed by atoms with Crippen molar-refractivity contribution in [3.63, 3.8) is 0 Å². The molecule has 2 unspecified atom stereocenters. The van der Waals surface area contributed by atoms with Crippen LogP contribution in [0.4, 0.5) is 31.1 Å². The number of hydrogen-bond donors (Lipinski definition) is 1. The van der Waals surface area contributed by atoms with Crippen molar-refractivity contribution in [1.29, 1.82) is 0 Å². The molecule has 0 spiro atoms. The van der Waals surface area contributed by atoms with E-state index in [0.717, 1.165) is 0 Å². The Balaban J connectivity index is 1.95. The first kappa shape index (κ1) is 22.7. The quantitative estimate of drug-likeness (QED) is 0.590. The monoisotopic (exact) mass is 439 g/mol. The summed E-state index contributed by atoms with van der Waals surface area (Å²) >= 11 is 0. The zero-order valence-electron chi connectivity index (χ0n) is 16.7. The van der Waals surface area contributed by atoms with Crippen LogP contribution in [0.3, 0.4) is 0 Å². The Morgan fingerprint density at radius 2 is 1.40 bits per heavy atom.